The van der Waals surface area contributed by atoms with E-state index in [1.165, 1.54) is 10.7 Å². The molecule has 0 atom stereocenters. The molecule has 1 aromatic carbocycles. The molecule has 3 aromatic rings. The number of fused-ring (bicyclic) bond motifs is 1. The number of nitriles is 1. The number of carbonyl (C=O) groups is 2. The molecule has 0 saturated heterocycles. The highest BCUT2D eigenvalue weighted by Gasteiger charge is 2.38. The van der Waals surface area contributed by atoms with Crippen molar-refractivity contribution < 1.29 is 14.3 Å². The third-order valence-corrected chi connectivity index (χ3v) is 4.64. The van der Waals surface area contributed by atoms with Crippen molar-refractivity contribution in [3.8, 4) is 17.3 Å². The van der Waals surface area contributed by atoms with Crippen LogP contribution in [0.25, 0.3) is 16.9 Å². The van der Waals surface area contributed by atoms with Crippen LogP contribution in [0.1, 0.15) is 49.5 Å². The Morgan fingerprint density at radius 1 is 1.33 bits per heavy atom. The molecular weight excluding hydrogens is 382 g/mol. The molecule has 152 valence electrons. The Kier molecular flexibility index (Phi) is 4.74. The summed E-state index contributed by atoms with van der Waals surface area (Å²) in [4.78, 5) is 30.7. The fourth-order valence-electron chi connectivity index (χ4n) is 3.19. The predicted molar refractivity (Wildman–Crippen MR) is 110 cm³/mol. The molecule has 0 aliphatic heterocycles. The fraction of sp³-hybridized carbons (Fsp3) is 0.318. The van der Waals surface area contributed by atoms with Crippen molar-refractivity contribution in [1.82, 2.24) is 14.6 Å². The predicted octanol–water partition coefficient (Wildman–Crippen LogP) is 3.98. The first kappa shape index (κ1) is 19.6. The lowest BCUT2D eigenvalue weighted by atomic mass is 10.1. The zero-order valence-electron chi connectivity index (χ0n) is 17.0. The highest BCUT2D eigenvalue weighted by molar-refractivity contribution is 5.91. The Bertz CT molecular complexity index is 1180. The lowest BCUT2D eigenvalue weighted by Crippen LogP contribution is -2.39. The number of anilines is 1. The lowest BCUT2D eigenvalue weighted by Gasteiger charge is -2.27. The van der Waals surface area contributed by atoms with Gasteiger partial charge in [-0.15, -0.1) is 0 Å². The van der Waals surface area contributed by atoms with Crippen LogP contribution in [0.4, 0.5) is 10.6 Å². The molecular formula is C22H21N5O3. The second kappa shape index (κ2) is 7.26. The van der Waals surface area contributed by atoms with Gasteiger partial charge in [0.1, 0.15) is 11.4 Å². The Morgan fingerprint density at radius 3 is 2.73 bits per heavy atom. The standard InChI is InChI=1S/C22H21N5O3/c1-22(2,3)30-21(29)26(17-7-8-17)19-10-18(15-6-4-5-14(9-15)11-23)25-20-16(13-28)12-24-27(19)20/h4-6,9-10,12-13,17H,7-8H2,1-3H3. The number of hydrogen-bond donors (Lipinski definition) is 0. The van der Waals surface area contributed by atoms with E-state index < -0.39 is 11.7 Å². The summed E-state index contributed by atoms with van der Waals surface area (Å²) in [5, 5.41) is 13.5. The summed E-state index contributed by atoms with van der Waals surface area (Å²) in [6, 6.07) is 10.9. The van der Waals surface area contributed by atoms with Crippen molar-refractivity contribution in [3.63, 3.8) is 0 Å². The monoisotopic (exact) mass is 403 g/mol. The number of ether oxygens (including phenoxy) is 1. The van der Waals surface area contributed by atoms with Crippen LogP contribution < -0.4 is 4.90 Å². The molecule has 0 radical (unpaired) electrons. The van der Waals surface area contributed by atoms with Gasteiger partial charge in [-0.3, -0.25) is 9.69 Å². The molecule has 8 heteroatoms. The topological polar surface area (TPSA) is 101 Å². The van der Waals surface area contributed by atoms with E-state index in [-0.39, 0.29) is 6.04 Å². The van der Waals surface area contributed by atoms with E-state index >= 15 is 0 Å². The van der Waals surface area contributed by atoms with Gasteiger partial charge in [0, 0.05) is 17.7 Å². The maximum atomic E-state index is 13.0. The maximum Gasteiger partial charge on any atom is 0.416 e. The van der Waals surface area contributed by atoms with Crippen LogP contribution in [0.2, 0.25) is 0 Å². The number of carbonyl (C=O) groups excluding carboxylic acids is 2. The van der Waals surface area contributed by atoms with Gasteiger partial charge in [-0.25, -0.2) is 9.78 Å². The van der Waals surface area contributed by atoms with Crippen molar-refractivity contribution in [2.24, 2.45) is 0 Å². The smallest absolute Gasteiger partial charge is 0.416 e. The van der Waals surface area contributed by atoms with Gasteiger partial charge in [-0.1, -0.05) is 12.1 Å². The number of hydrogen-bond acceptors (Lipinski definition) is 6. The second-order valence-corrected chi connectivity index (χ2v) is 8.23. The van der Waals surface area contributed by atoms with Crippen molar-refractivity contribution in [3.05, 3.63) is 47.7 Å². The quantitative estimate of drug-likeness (QED) is 0.611. The molecule has 4 rings (SSSR count). The van der Waals surface area contributed by atoms with E-state index in [1.807, 2.05) is 26.8 Å². The van der Waals surface area contributed by atoms with Gasteiger partial charge in [0.25, 0.3) is 0 Å². The van der Waals surface area contributed by atoms with E-state index in [4.69, 9.17) is 4.74 Å². The minimum Gasteiger partial charge on any atom is -0.443 e. The first-order valence-corrected chi connectivity index (χ1v) is 9.67. The van der Waals surface area contributed by atoms with Crippen molar-refractivity contribution in [2.75, 3.05) is 4.90 Å². The zero-order chi connectivity index (χ0) is 21.5. The first-order valence-electron chi connectivity index (χ1n) is 9.67. The van der Waals surface area contributed by atoms with Crippen LogP contribution in [-0.4, -0.2) is 38.6 Å². The zero-order valence-corrected chi connectivity index (χ0v) is 17.0. The molecule has 1 amide bonds. The highest BCUT2D eigenvalue weighted by atomic mass is 16.6. The number of nitrogens with zero attached hydrogens (tertiary/aromatic N) is 5. The van der Waals surface area contributed by atoms with Crippen LogP contribution in [-0.2, 0) is 4.74 Å². The largest absolute Gasteiger partial charge is 0.443 e. The Hall–Kier alpha value is -3.73. The van der Waals surface area contributed by atoms with E-state index in [0.29, 0.717) is 40.1 Å². The number of benzene rings is 1. The van der Waals surface area contributed by atoms with Gasteiger partial charge >= 0.3 is 6.09 Å². The summed E-state index contributed by atoms with van der Waals surface area (Å²) in [7, 11) is 0. The molecule has 0 N–H and O–H groups in total. The minimum absolute atomic E-state index is 0.00683. The summed E-state index contributed by atoms with van der Waals surface area (Å²) in [6.07, 6.45) is 3.34. The number of amides is 1. The molecule has 1 aliphatic carbocycles. The highest BCUT2D eigenvalue weighted by Crippen LogP contribution is 2.35. The van der Waals surface area contributed by atoms with E-state index in [9.17, 15) is 14.9 Å². The Labute approximate surface area is 173 Å². The molecule has 0 spiro atoms. The van der Waals surface area contributed by atoms with Gasteiger partial charge < -0.3 is 4.74 Å². The summed E-state index contributed by atoms with van der Waals surface area (Å²) in [5.74, 6) is 0.474. The first-order chi connectivity index (χ1) is 14.3. The number of aldehydes is 1. The molecule has 0 unspecified atom stereocenters. The SMILES string of the molecule is CC(C)(C)OC(=O)N(c1cc(-c2cccc(C#N)c2)nc2c(C=O)cnn12)C1CC1. The van der Waals surface area contributed by atoms with Gasteiger partial charge in [-0.2, -0.15) is 14.9 Å². The molecule has 1 saturated carbocycles. The van der Waals surface area contributed by atoms with Crippen LogP contribution >= 0.6 is 0 Å². The molecule has 0 bridgehead atoms. The van der Waals surface area contributed by atoms with E-state index in [0.717, 1.165) is 12.8 Å². The average molecular weight is 403 g/mol. The fourth-order valence-corrected chi connectivity index (χ4v) is 3.19. The minimum atomic E-state index is -0.654. The van der Waals surface area contributed by atoms with Crippen molar-refractivity contribution in [1.29, 1.82) is 5.26 Å². The average Bonchev–Trinajstić information content (AvgIpc) is 3.44. The van der Waals surface area contributed by atoms with Crippen LogP contribution in [0.5, 0.6) is 0 Å². The lowest BCUT2D eigenvalue weighted by molar-refractivity contribution is 0.0576. The Balaban J connectivity index is 1.91. The molecule has 1 aliphatic rings. The third-order valence-electron chi connectivity index (χ3n) is 4.64. The van der Waals surface area contributed by atoms with E-state index in [2.05, 4.69) is 16.2 Å². The molecule has 1 fully saturated rings. The van der Waals surface area contributed by atoms with Crippen LogP contribution in [0, 0.1) is 11.3 Å². The molecule has 30 heavy (non-hydrogen) atoms. The van der Waals surface area contributed by atoms with Gasteiger partial charge in [0.15, 0.2) is 11.9 Å². The second-order valence-electron chi connectivity index (χ2n) is 8.23. The molecule has 8 nitrogen and oxygen atoms in total. The van der Waals surface area contributed by atoms with Gasteiger partial charge in [-0.05, 0) is 45.7 Å². The van der Waals surface area contributed by atoms with Crippen LogP contribution in [0.15, 0.2) is 36.5 Å². The van der Waals surface area contributed by atoms with Crippen molar-refractivity contribution >= 4 is 23.8 Å². The Morgan fingerprint density at radius 2 is 2.10 bits per heavy atom. The number of rotatable bonds is 4. The normalized spacial score (nSPS) is 13.7. The third kappa shape index (κ3) is 3.74. The summed E-state index contributed by atoms with van der Waals surface area (Å²) >= 11 is 0. The summed E-state index contributed by atoms with van der Waals surface area (Å²) < 4.78 is 7.12. The maximum absolute atomic E-state index is 13.0. The number of aromatic nitrogens is 3. The van der Waals surface area contributed by atoms with E-state index in [1.54, 1.807) is 29.2 Å². The van der Waals surface area contributed by atoms with Crippen LogP contribution in [0.3, 0.4) is 0 Å². The molecule has 2 aromatic heterocycles. The molecule has 2 heterocycles. The summed E-state index contributed by atoms with van der Waals surface area (Å²) in [5.41, 5.74) is 1.73. The van der Waals surface area contributed by atoms with Gasteiger partial charge in [0.05, 0.1) is 29.1 Å². The van der Waals surface area contributed by atoms with Gasteiger partial charge in [0.2, 0.25) is 0 Å². The van der Waals surface area contributed by atoms with Crippen molar-refractivity contribution in [2.45, 2.75) is 45.3 Å². The summed E-state index contributed by atoms with van der Waals surface area (Å²) in [6.45, 7) is 5.44.